The van der Waals surface area contributed by atoms with Crippen molar-refractivity contribution in [1.29, 1.82) is 0 Å². The van der Waals surface area contributed by atoms with E-state index in [-0.39, 0.29) is 49.9 Å². The third-order valence-electron chi connectivity index (χ3n) is 8.98. The van der Waals surface area contributed by atoms with Crippen molar-refractivity contribution in [3.8, 4) is 5.75 Å². The molecule has 4 amide bonds. The van der Waals surface area contributed by atoms with E-state index in [0.717, 1.165) is 11.1 Å². The number of hydrogen-bond acceptors (Lipinski definition) is 9. The molecule has 17 heteroatoms. The number of sulfone groups is 1. The van der Waals surface area contributed by atoms with Crippen molar-refractivity contribution in [3.05, 3.63) is 161 Å². The van der Waals surface area contributed by atoms with Crippen LogP contribution in [0.1, 0.15) is 22.3 Å². The quantitative estimate of drug-likeness (QED) is 0.103. The molecule has 298 valence electrons. The summed E-state index contributed by atoms with van der Waals surface area (Å²) >= 11 is 6.10. The van der Waals surface area contributed by atoms with Crippen molar-refractivity contribution in [3.63, 3.8) is 0 Å². The molecule has 14 nitrogen and oxygen atoms in total. The third kappa shape index (κ3) is 9.72. The van der Waals surface area contributed by atoms with E-state index in [4.69, 9.17) is 16.3 Å². The lowest BCUT2D eigenvalue weighted by Crippen LogP contribution is -2.52. The highest BCUT2D eigenvalue weighted by Crippen LogP contribution is 2.31. The molecule has 0 aliphatic carbocycles. The highest BCUT2D eigenvalue weighted by Gasteiger charge is 2.28. The van der Waals surface area contributed by atoms with Gasteiger partial charge in [-0.25, -0.2) is 36.4 Å². The molecule has 0 fully saturated rings. The lowest BCUT2D eigenvalue weighted by molar-refractivity contribution is 0.0466. The van der Waals surface area contributed by atoms with Crippen molar-refractivity contribution in [1.82, 2.24) is 20.0 Å². The van der Waals surface area contributed by atoms with Crippen LogP contribution >= 0.6 is 11.6 Å². The summed E-state index contributed by atoms with van der Waals surface area (Å²) in [6, 6.07) is 26.0. The molecule has 0 aliphatic heterocycles. The molecule has 0 unspecified atom stereocenters. The molecule has 2 aromatic heterocycles. The number of ether oxygens (including phenoxy) is 1. The van der Waals surface area contributed by atoms with Gasteiger partial charge in [0.25, 0.3) is 10.0 Å². The summed E-state index contributed by atoms with van der Waals surface area (Å²) in [4.78, 5) is 36.6. The summed E-state index contributed by atoms with van der Waals surface area (Å²) in [7, 11) is -6.56. The average Bonchev–Trinajstić information content (AvgIpc) is 3.22. The second-order valence-corrected chi connectivity index (χ2v) is 16.9. The van der Waals surface area contributed by atoms with Crippen molar-refractivity contribution >= 4 is 60.6 Å². The second kappa shape index (κ2) is 17.8. The van der Waals surface area contributed by atoms with Gasteiger partial charge in [-0.15, -0.1) is 0 Å². The highest BCUT2D eigenvalue weighted by molar-refractivity contribution is 7.92. The van der Waals surface area contributed by atoms with Crippen molar-refractivity contribution in [2.45, 2.75) is 41.6 Å². The number of anilines is 3. The van der Waals surface area contributed by atoms with E-state index in [0.29, 0.717) is 16.8 Å². The SMILES string of the molecule is COc1cc(S(=O)(=O)c2ccc(NC(=O)N(Cc3cccnc3)N(Cc3cccnc3)C(=O)Nc3ccc(S(=O)(=O)Nc4cccc(C)c4C)cc3)cc2)ccc1Cl. The summed E-state index contributed by atoms with van der Waals surface area (Å²) in [5.41, 5.74) is 3.85. The molecule has 0 saturated carbocycles. The number of aryl methyl sites for hydroxylation is 1. The second-order valence-electron chi connectivity index (χ2n) is 12.9. The maximum atomic E-state index is 14.2. The van der Waals surface area contributed by atoms with Crippen LogP contribution in [0.2, 0.25) is 5.02 Å². The van der Waals surface area contributed by atoms with Gasteiger partial charge in [0.1, 0.15) is 5.75 Å². The number of carbonyl (C=O) groups is 2. The van der Waals surface area contributed by atoms with Crippen LogP contribution in [-0.4, -0.2) is 56.0 Å². The molecule has 0 saturated heterocycles. The molecule has 6 rings (SSSR count). The van der Waals surface area contributed by atoms with Gasteiger partial charge in [-0.2, -0.15) is 0 Å². The molecule has 6 aromatic rings. The summed E-state index contributed by atoms with van der Waals surface area (Å²) in [6.45, 7) is 3.49. The van der Waals surface area contributed by atoms with Crippen LogP contribution in [0.15, 0.2) is 149 Å². The Morgan fingerprint density at radius 2 is 1.19 bits per heavy atom. The lowest BCUT2D eigenvalue weighted by Gasteiger charge is -2.35. The number of pyridine rings is 2. The van der Waals surface area contributed by atoms with E-state index in [9.17, 15) is 26.4 Å². The monoisotopic (exact) mass is 839 g/mol. The standard InChI is InChI=1S/C41H38ClN7O7S2/c1-28-7-4-10-38(29(28)2)47-58(54,55)35-17-13-33(14-18-35)46-41(51)49(27-31-9-6-22-44-25-31)48(26-30-8-5-21-43-24-30)40(50)45-32-11-15-34(16-12-32)57(52,53)36-19-20-37(42)39(23-36)56-3/h4-25,47H,26-27H2,1-3H3,(H,45,50)(H,46,51). The predicted octanol–water partition coefficient (Wildman–Crippen LogP) is 8.07. The van der Waals surface area contributed by atoms with Crippen molar-refractivity contribution in [2.75, 3.05) is 22.5 Å². The number of methoxy groups -OCH3 is 1. The molecule has 58 heavy (non-hydrogen) atoms. The van der Waals surface area contributed by atoms with Crippen LogP contribution in [0.5, 0.6) is 5.75 Å². The third-order valence-corrected chi connectivity index (χ3v) is 12.4. The van der Waals surface area contributed by atoms with E-state index in [1.807, 2.05) is 19.9 Å². The number of aromatic nitrogens is 2. The number of halogens is 1. The topological polar surface area (TPSA) is 180 Å². The van der Waals surface area contributed by atoms with Gasteiger partial charge in [-0.05, 0) is 115 Å². The average molecular weight is 840 g/mol. The minimum atomic E-state index is -3.98. The number of urea groups is 2. The highest BCUT2D eigenvalue weighted by atomic mass is 35.5. The van der Waals surface area contributed by atoms with E-state index in [1.54, 1.807) is 61.2 Å². The number of hydrogen-bond donors (Lipinski definition) is 3. The van der Waals surface area contributed by atoms with Gasteiger partial charge in [-0.1, -0.05) is 35.9 Å². The summed E-state index contributed by atoms with van der Waals surface area (Å²) in [6.07, 6.45) is 6.26. The zero-order valence-corrected chi connectivity index (χ0v) is 33.8. The fourth-order valence-electron chi connectivity index (χ4n) is 5.68. The zero-order valence-electron chi connectivity index (χ0n) is 31.5. The number of amides is 4. The first kappa shape index (κ1) is 41.2. The number of rotatable bonds is 12. The summed E-state index contributed by atoms with van der Waals surface area (Å²) in [5, 5.41) is 8.15. The van der Waals surface area contributed by atoms with Gasteiger partial charge in [0.2, 0.25) is 9.84 Å². The number of hydrazine groups is 1. The Hall–Kier alpha value is -6.49. The smallest absolute Gasteiger partial charge is 0.341 e. The van der Waals surface area contributed by atoms with Crippen LogP contribution in [0.25, 0.3) is 0 Å². The molecular weight excluding hydrogens is 802 g/mol. The number of benzene rings is 4. The van der Waals surface area contributed by atoms with Gasteiger partial charge in [0.15, 0.2) is 0 Å². The number of carbonyl (C=O) groups excluding carboxylic acids is 2. The van der Waals surface area contributed by atoms with Crippen LogP contribution in [0.3, 0.4) is 0 Å². The molecule has 4 aromatic carbocycles. The van der Waals surface area contributed by atoms with Gasteiger partial charge in [0.05, 0.1) is 45.6 Å². The van der Waals surface area contributed by atoms with Crippen LogP contribution < -0.4 is 20.1 Å². The normalized spacial score (nSPS) is 11.3. The van der Waals surface area contributed by atoms with Crippen LogP contribution in [0, 0.1) is 13.8 Å². The Kier molecular flexibility index (Phi) is 12.6. The molecule has 0 radical (unpaired) electrons. The van der Waals surface area contributed by atoms with Crippen molar-refractivity contribution < 1.29 is 31.2 Å². The summed E-state index contributed by atoms with van der Waals surface area (Å²) in [5.74, 6) is 0.200. The Morgan fingerprint density at radius 3 is 1.69 bits per heavy atom. The number of nitrogens with zero attached hydrogens (tertiary/aromatic N) is 4. The molecule has 0 bridgehead atoms. The van der Waals surface area contributed by atoms with Crippen molar-refractivity contribution in [2.24, 2.45) is 0 Å². The minimum Gasteiger partial charge on any atom is -0.495 e. The Morgan fingerprint density at radius 1 is 0.672 bits per heavy atom. The minimum absolute atomic E-state index is 0.0251. The van der Waals surface area contributed by atoms with Gasteiger partial charge in [0, 0.05) is 42.2 Å². The molecule has 3 N–H and O–H groups in total. The van der Waals surface area contributed by atoms with E-state index < -0.39 is 31.9 Å². The first-order chi connectivity index (χ1) is 27.7. The fraction of sp³-hybridized carbons (Fsp3) is 0.122. The zero-order chi connectivity index (χ0) is 41.5. The Bertz CT molecular complexity index is 2640. The molecule has 0 spiro atoms. The number of sulfonamides is 1. The van der Waals surface area contributed by atoms with Gasteiger partial charge in [-0.3, -0.25) is 14.7 Å². The molecule has 2 heterocycles. The fourth-order valence-corrected chi connectivity index (χ4v) is 8.28. The van der Waals surface area contributed by atoms with Crippen LogP contribution in [0.4, 0.5) is 26.7 Å². The largest absolute Gasteiger partial charge is 0.495 e. The predicted molar refractivity (Wildman–Crippen MR) is 221 cm³/mol. The first-order valence-corrected chi connectivity index (χ1v) is 20.9. The van der Waals surface area contributed by atoms with E-state index in [1.165, 1.54) is 83.9 Å². The molecular formula is C41H38ClN7O7S2. The molecule has 0 atom stereocenters. The first-order valence-electron chi connectivity index (χ1n) is 17.6. The Balaban J connectivity index is 1.26. The van der Waals surface area contributed by atoms with E-state index >= 15 is 0 Å². The maximum absolute atomic E-state index is 14.2. The van der Waals surface area contributed by atoms with Crippen LogP contribution in [-0.2, 0) is 33.0 Å². The summed E-state index contributed by atoms with van der Waals surface area (Å²) < 4.78 is 61.2. The van der Waals surface area contributed by atoms with Gasteiger partial charge < -0.3 is 15.4 Å². The maximum Gasteiger partial charge on any atom is 0.341 e. The lowest BCUT2D eigenvalue weighted by atomic mass is 10.1. The molecule has 0 aliphatic rings. The number of nitrogens with one attached hydrogen (secondary N) is 3. The van der Waals surface area contributed by atoms with Gasteiger partial charge >= 0.3 is 12.1 Å². The van der Waals surface area contributed by atoms with E-state index in [2.05, 4.69) is 25.3 Å². The Labute approximate surface area is 341 Å².